The molecule has 0 saturated heterocycles. The second-order valence-corrected chi connectivity index (χ2v) is 4.14. The maximum atomic E-state index is 11.3. The van der Waals surface area contributed by atoms with Crippen LogP contribution in [0.1, 0.15) is 10.4 Å². The van der Waals surface area contributed by atoms with Crippen molar-refractivity contribution in [3.05, 3.63) is 42.0 Å². The topological polar surface area (TPSA) is 44.8 Å². The van der Waals surface area contributed by atoms with Gasteiger partial charge in [-0.15, -0.1) is 0 Å². The van der Waals surface area contributed by atoms with Gasteiger partial charge in [0.1, 0.15) is 5.75 Å². The largest absolute Gasteiger partial charge is 0.497 e. The van der Waals surface area contributed by atoms with Gasteiger partial charge in [0.15, 0.2) is 17.8 Å². The Balaban J connectivity index is 2.62. The molecule has 0 fully saturated rings. The lowest BCUT2D eigenvalue weighted by atomic mass is 9.99. The van der Waals surface area contributed by atoms with Crippen molar-refractivity contribution < 1.29 is 19.0 Å². The van der Waals surface area contributed by atoms with Crippen molar-refractivity contribution in [2.45, 2.75) is 0 Å². The lowest BCUT2D eigenvalue weighted by Gasteiger charge is -2.13. The van der Waals surface area contributed by atoms with Crippen molar-refractivity contribution in [1.29, 1.82) is 0 Å². The predicted molar refractivity (Wildman–Crippen MR) is 76.9 cm³/mol. The van der Waals surface area contributed by atoms with E-state index < -0.39 is 0 Å². The molecule has 0 N–H and O–H groups in total. The monoisotopic (exact) mass is 272 g/mol. The van der Waals surface area contributed by atoms with Gasteiger partial charge >= 0.3 is 0 Å². The Morgan fingerprint density at radius 2 is 1.60 bits per heavy atom. The van der Waals surface area contributed by atoms with Gasteiger partial charge in [-0.25, -0.2) is 0 Å². The highest BCUT2D eigenvalue weighted by Crippen LogP contribution is 2.35. The Kier molecular flexibility index (Phi) is 4.25. The first-order valence-electron chi connectivity index (χ1n) is 6.09. The van der Waals surface area contributed by atoms with Crippen molar-refractivity contribution in [3.63, 3.8) is 0 Å². The molecule has 0 bridgehead atoms. The molecule has 4 heteroatoms. The number of aldehydes is 1. The van der Waals surface area contributed by atoms with Crippen molar-refractivity contribution >= 4 is 6.29 Å². The van der Waals surface area contributed by atoms with Gasteiger partial charge in [0.25, 0.3) is 0 Å². The van der Waals surface area contributed by atoms with Crippen LogP contribution in [0.15, 0.2) is 36.4 Å². The van der Waals surface area contributed by atoms with E-state index in [-0.39, 0.29) is 0 Å². The van der Waals surface area contributed by atoms with Gasteiger partial charge in [-0.3, -0.25) is 4.79 Å². The Morgan fingerprint density at radius 3 is 2.20 bits per heavy atom. The number of carbonyl (C=O) groups is 1. The van der Waals surface area contributed by atoms with Crippen LogP contribution in [0.5, 0.6) is 17.2 Å². The molecule has 2 aromatic carbocycles. The van der Waals surface area contributed by atoms with Crippen LogP contribution >= 0.6 is 0 Å². The molecule has 0 atom stereocenters. The van der Waals surface area contributed by atoms with E-state index >= 15 is 0 Å². The van der Waals surface area contributed by atoms with E-state index in [9.17, 15) is 4.79 Å². The molecule has 0 aliphatic rings. The molecular formula is C16H16O4. The van der Waals surface area contributed by atoms with Crippen molar-refractivity contribution in [2.24, 2.45) is 0 Å². The molecule has 20 heavy (non-hydrogen) atoms. The van der Waals surface area contributed by atoms with Crippen LogP contribution in [0, 0.1) is 0 Å². The summed E-state index contributed by atoms with van der Waals surface area (Å²) in [5, 5.41) is 0. The smallest absolute Gasteiger partial charge is 0.161 e. The summed E-state index contributed by atoms with van der Waals surface area (Å²) in [6, 6.07) is 11.0. The highest BCUT2D eigenvalue weighted by molar-refractivity contribution is 5.89. The minimum Gasteiger partial charge on any atom is -0.497 e. The van der Waals surface area contributed by atoms with Crippen LogP contribution in [0.25, 0.3) is 11.1 Å². The predicted octanol–water partition coefficient (Wildman–Crippen LogP) is 3.19. The second-order valence-electron chi connectivity index (χ2n) is 4.14. The molecule has 0 aliphatic carbocycles. The van der Waals surface area contributed by atoms with E-state index in [1.165, 1.54) is 7.11 Å². The molecule has 0 saturated carbocycles. The van der Waals surface area contributed by atoms with Crippen LogP contribution in [0.2, 0.25) is 0 Å². The summed E-state index contributed by atoms with van der Waals surface area (Å²) >= 11 is 0. The number of hydrogen-bond donors (Lipinski definition) is 0. The maximum Gasteiger partial charge on any atom is 0.161 e. The Hall–Kier alpha value is -2.49. The first kappa shape index (κ1) is 13.9. The van der Waals surface area contributed by atoms with Gasteiger partial charge in [0.2, 0.25) is 0 Å². The van der Waals surface area contributed by atoms with E-state index in [4.69, 9.17) is 14.2 Å². The fraction of sp³-hybridized carbons (Fsp3) is 0.188. The highest BCUT2D eigenvalue weighted by Gasteiger charge is 2.12. The molecule has 0 radical (unpaired) electrons. The number of carbonyl (C=O) groups excluding carboxylic acids is 1. The molecular weight excluding hydrogens is 256 g/mol. The lowest BCUT2D eigenvalue weighted by Crippen LogP contribution is -1.95. The number of hydrogen-bond acceptors (Lipinski definition) is 4. The van der Waals surface area contributed by atoms with Crippen LogP contribution in [0.4, 0.5) is 0 Å². The standard InChI is InChI=1S/C16H16O4/c1-18-13-6-4-5-11(7-13)14-9-16(20-3)15(19-2)8-12(14)10-17/h4-10H,1-3H3. The number of methoxy groups -OCH3 is 3. The van der Waals surface area contributed by atoms with Crippen LogP contribution < -0.4 is 14.2 Å². The van der Waals surface area contributed by atoms with Gasteiger partial charge in [0, 0.05) is 5.56 Å². The molecule has 2 aromatic rings. The van der Waals surface area contributed by atoms with Crippen LogP contribution in [-0.2, 0) is 0 Å². The first-order valence-corrected chi connectivity index (χ1v) is 6.09. The number of benzene rings is 2. The van der Waals surface area contributed by atoms with E-state index in [0.717, 1.165) is 23.2 Å². The van der Waals surface area contributed by atoms with Gasteiger partial charge in [-0.05, 0) is 35.4 Å². The summed E-state index contributed by atoms with van der Waals surface area (Å²) < 4.78 is 15.7. The average Bonchev–Trinajstić information content (AvgIpc) is 2.53. The molecule has 4 nitrogen and oxygen atoms in total. The average molecular weight is 272 g/mol. The van der Waals surface area contributed by atoms with E-state index in [2.05, 4.69) is 0 Å². The number of rotatable bonds is 5. The molecule has 104 valence electrons. The fourth-order valence-corrected chi connectivity index (χ4v) is 2.03. The molecule has 0 spiro atoms. The maximum absolute atomic E-state index is 11.3. The molecule has 0 heterocycles. The van der Waals surface area contributed by atoms with Crippen molar-refractivity contribution in [3.8, 4) is 28.4 Å². The molecule has 0 aliphatic heterocycles. The van der Waals surface area contributed by atoms with Crippen LogP contribution in [0.3, 0.4) is 0 Å². The van der Waals surface area contributed by atoms with Crippen LogP contribution in [-0.4, -0.2) is 27.6 Å². The third-order valence-corrected chi connectivity index (χ3v) is 3.06. The summed E-state index contributed by atoms with van der Waals surface area (Å²) in [6.45, 7) is 0. The third kappa shape index (κ3) is 2.59. The number of ether oxygens (including phenoxy) is 3. The van der Waals surface area contributed by atoms with E-state index in [1.54, 1.807) is 26.4 Å². The Labute approximate surface area is 117 Å². The minimum absolute atomic E-state index is 0.529. The van der Waals surface area contributed by atoms with E-state index in [0.29, 0.717) is 17.1 Å². The molecule has 2 rings (SSSR count). The summed E-state index contributed by atoms with van der Waals surface area (Å²) in [6.07, 6.45) is 0.802. The quantitative estimate of drug-likeness (QED) is 0.784. The summed E-state index contributed by atoms with van der Waals surface area (Å²) in [5.41, 5.74) is 2.19. The third-order valence-electron chi connectivity index (χ3n) is 3.06. The zero-order valence-electron chi connectivity index (χ0n) is 11.7. The van der Waals surface area contributed by atoms with Crippen molar-refractivity contribution in [2.75, 3.05) is 21.3 Å². The SMILES string of the molecule is COc1cccc(-c2cc(OC)c(OC)cc2C=O)c1. The molecule has 0 unspecified atom stereocenters. The molecule has 0 aromatic heterocycles. The summed E-state index contributed by atoms with van der Waals surface area (Å²) in [7, 11) is 4.71. The second kappa shape index (κ2) is 6.10. The van der Waals surface area contributed by atoms with Crippen molar-refractivity contribution in [1.82, 2.24) is 0 Å². The summed E-state index contributed by atoms with van der Waals surface area (Å²) in [5.74, 6) is 1.84. The highest BCUT2D eigenvalue weighted by atomic mass is 16.5. The zero-order chi connectivity index (χ0) is 14.5. The normalized spacial score (nSPS) is 9.95. The van der Waals surface area contributed by atoms with E-state index in [1.807, 2.05) is 24.3 Å². The Bertz CT molecular complexity index is 620. The van der Waals surface area contributed by atoms with Gasteiger partial charge in [-0.1, -0.05) is 12.1 Å². The van der Waals surface area contributed by atoms with Gasteiger partial charge < -0.3 is 14.2 Å². The lowest BCUT2D eigenvalue weighted by molar-refractivity contribution is 0.112. The first-order chi connectivity index (χ1) is 9.73. The fourth-order valence-electron chi connectivity index (χ4n) is 2.03. The zero-order valence-corrected chi connectivity index (χ0v) is 11.7. The minimum atomic E-state index is 0.529. The van der Waals surface area contributed by atoms with Gasteiger partial charge in [-0.2, -0.15) is 0 Å². The van der Waals surface area contributed by atoms with Gasteiger partial charge in [0.05, 0.1) is 21.3 Å². The Morgan fingerprint density at radius 1 is 0.900 bits per heavy atom. The molecule has 0 amide bonds. The summed E-state index contributed by atoms with van der Waals surface area (Å²) in [4.78, 5) is 11.3.